The number of aliphatic hydroxyl groups excluding tert-OH is 1. The summed E-state index contributed by atoms with van der Waals surface area (Å²) in [5, 5.41) is 15.4. The molecule has 1 saturated carbocycles. The Hall–Kier alpha value is -2.34. The Bertz CT molecular complexity index is 720. The van der Waals surface area contributed by atoms with E-state index in [1.54, 1.807) is 6.20 Å². The van der Waals surface area contributed by atoms with Crippen LogP contribution in [0.2, 0.25) is 0 Å². The predicted octanol–water partition coefficient (Wildman–Crippen LogP) is 2.34. The van der Waals surface area contributed by atoms with Crippen molar-refractivity contribution in [3.05, 3.63) is 53.6 Å². The monoisotopic (exact) mass is 342 g/mol. The van der Waals surface area contributed by atoms with E-state index in [0.29, 0.717) is 6.54 Å². The summed E-state index contributed by atoms with van der Waals surface area (Å²) in [6, 6.07) is 7.95. The zero-order valence-corrected chi connectivity index (χ0v) is 14.7. The minimum atomic E-state index is -0.440. The van der Waals surface area contributed by atoms with Gasteiger partial charge in [0, 0.05) is 25.5 Å². The number of aromatic nitrogens is 2. The first kappa shape index (κ1) is 17.5. The van der Waals surface area contributed by atoms with Gasteiger partial charge in [-0.05, 0) is 30.9 Å². The number of rotatable bonds is 6. The minimum Gasteiger partial charge on any atom is -0.394 e. The number of hydrogen-bond donors (Lipinski definition) is 3. The second-order valence-electron chi connectivity index (χ2n) is 6.88. The summed E-state index contributed by atoms with van der Waals surface area (Å²) >= 11 is 0. The maximum Gasteiger partial charge on any atom is 0.315 e. The Labute approximate surface area is 148 Å². The van der Waals surface area contributed by atoms with Crippen molar-refractivity contribution in [3.8, 4) is 0 Å². The minimum absolute atomic E-state index is 0.000161. The third-order valence-corrected chi connectivity index (χ3v) is 4.96. The molecule has 0 saturated heterocycles. The van der Waals surface area contributed by atoms with Gasteiger partial charge in [0.05, 0.1) is 12.1 Å². The molecule has 1 aromatic heterocycles. The van der Waals surface area contributed by atoms with Gasteiger partial charge in [0.1, 0.15) is 5.82 Å². The van der Waals surface area contributed by atoms with Crippen molar-refractivity contribution in [1.82, 2.24) is 20.2 Å². The first-order chi connectivity index (χ1) is 12.1. The average Bonchev–Trinajstić information content (AvgIpc) is 3.24. The van der Waals surface area contributed by atoms with Gasteiger partial charge in [-0.25, -0.2) is 9.78 Å². The predicted molar refractivity (Wildman–Crippen MR) is 96.2 cm³/mol. The lowest BCUT2D eigenvalue weighted by molar-refractivity contribution is 0.163. The number of amides is 2. The summed E-state index contributed by atoms with van der Waals surface area (Å²) in [7, 11) is 0. The first-order valence-electron chi connectivity index (χ1n) is 8.83. The molecule has 1 aliphatic carbocycles. The fraction of sp³-hybridized carbons (Fsp3) is 0.474. The summed E-state index contributed by atoms with van der Waals surface area (Å²) in [5.41, 5.74) is 1.78. The van der Waals surface area contributed by atoms with Crippen LogP contribution in [-0.4, -0.2) is 32.8 Å². The third kappa shape index (κ3) is 4.39. The van der Waals surface area contributed by atoms with Crippen LogP contribution in [0.25, 0.3) is 0 Å². The lowest BCUT2D eigenvalue weighted by atomic mass is 9.99. The van der Waals surface area contributed by atoms with E-state index in [9.17, 15) is 9.90 Å². The maximum atomic E-state index is 12.2. The Morgan fingerprint density at radius 3 is 2.76 bits per heavy atom. The molecule has 1 aromatic carbocycles. The van der Waals surface area contributed by atoms with E-state index < -0.39 is 5.54 Å². The number of imidazole rings is 1. The molecule has 134 valence electrons. The number of nitrogens with zero attached hydrogens (tertiary/aromatic N) is 2. The zero-order chi connectivity index (χ0) is 17.7. The number of hydrogen-bond acceptors (Lipinski definition) is 3. The number of benzene rings is 1. The van der Waals surface area contributed by atoms with Crippen LogP contribution in [0, 0.1) is 6.92 Å². The number of nitrogens with one attached hydrogen (secondary N) is 2. The maximum absolute atomic E-state index is 12.2. The number of urea groups is 1. The van der Waals surface area contributed by atoms with Crippen molar-refractivity contribution in [2.24, 2.45) is 0 Å². The Kier molecular flexibility index (Phi) is 5.38. The van der Waals surface area contributed by atoms with Crippen molar-refractivity contribution in [2.45, 2.75) is 51.2 Å². The van der Waals surface area contributed by atoms with Crippen LogP contribution in [0.4, 0.5) is 4.79 Å². The first-order valence-corrected chi connectivity index (χ1v) is 8.83. The molecule has 1 fully saturated rings. The molecular formula is C19H26N4O2. The fourth-order valence-electron chi connectivity index (χ4n) is 3.45. The summed E-state index contributed by atoms with van der Waals surface area (Å²) < 4.78 is 2.09. The van der Waals surface area contributed by atoms with E-state index in [0.717, 1.165) is 43.6 Å². The highest BCUT2D eigenvalue weighted by Gasteiger charge is 2.34. The van der Waals surface area contributed by atoms with Crippen molar-refractivity contribution < 1.29 is 9.90 Å². The molecule has 3 rings (SSSR count). The quantitative estimate of drug-likeness (QED) is 0.754. The molecule has 25 heavy (non-hydrogen) atoms. The van der Waals surface area contributed by atoms with Gasteiger partial charge in [-0.1, -0.05) is 37.1 Å². The van der Waals surface area contributed by atoms with E-state index in [1.807, 2.05) is 25.3 Å². The highest BCUT2D eigenvalue weighted by Crippen LogP contribution is 2.28. The Balaban J connectivity index is 1.55. The van der Waals surface area contributed by atoms with Crippen LogP contribution in [0.15, 0.2) is 36.7 Å². The largest absolute Gasteiger partial charge is 0.394 e. The van der Waals surface area contributed by atoms with E-state index in [2.05, 4.69) is 32.3 Å². The van der Waals surface area contributed by atoms with Gasteiger partial charge in [0.2, 0.25) is 0 Å². The Morgan fingerprint density at radius 2 is 2.08 bits per heavy atom. The molecular weight excluding hydrogens is 316 g/mol. The van der Waals surface area contributed by atoms with E-state index in [4.69, 9.17) is 0 Å². The molecule has 0 aliphatic heterocycles. The van der Waals surface area contributed by atoms with Crippen LogP contribution >= 0.6 is 0 Å². The second-order valence-corrected chi connectivity index (χ2v) is 6.88. The standard InChI is InChI=1S/C19H26N4O2/c1-15-20-9-10-23(15)13-17-6-4-5-16(11-17)12-21-18(25)22-19(14-24)7-2-3-8-19/h4-6,9-11,24H,2-3,7-8,12-14H2,1H3,(H2,21,22,25). The van der Waals surface area contributed by atoms with E-state index >= 15 is 0 Å². The lowest BCUT2D eigenvalue weighted by Gasteiger charge is -2.28. The lowest BCUT2D eigenvalue weighted by Crippen LogP contribution is -2.52. The Morgan fingerprint density at radius 1 is 1.32 bits per heavy atom. The van der Waals surface area contributed by atoms with Crippen LogP contribution in [0.3, 0.4) is 0 Å². The third-order valence-electron chi connectivity index (χ3n) is 4.96. The van der Waals surface area contributed by atoms with Crippen LogP contribution < -0.4 is 10.6 Å². The molecule has 2 amide bonds. The van der Waals surface area contributed by atoms with Gasteiger partial charge in [0.25, 0.3) is 0 Å². The highest BCUT2D eigenvalue weighted by atomic mass is 16.3. The van der Waals surface area contributed by atoms with Crippen LogP contribution in [0.1, 0.15) is 42.6 Å². The van der Waals surface area contributed by atoms with Crippen molar-refractivity contribution in [1.29, 1.82) is 0 Å². The normalized spacial score (nSPS) is 15.9. The van der Waals surface area contributed by atoms with Crippen LogP contribution in [-0.2, 0) is 13.1 Å². The molecule has 3 N–H and O–H groups in total. The van der Waals surface area contributed by atoms with Gasteiger partial charge in [-0.15, -0.1) is 0 Å². The summed E-state index contributed by atoms with van der Waals surface area (Å²) in [6.45, 7) is 3.21. The topological polar surface area (TPSA) is 79.2 Å². The van der Waals surface area contributed by atoms with Gasteiger partial charge in [-0.2, -0.15) is 0 Å². The number of carbonyl (C=O) groups is 1. The van der Waals surface area contributed by atoms with Gasteiger partial charge in [-0.3, -0.25) is 0 Å². The summed E-state index contributed by atoms with van der Waals surface area (Å²) in [4.78, 5) is 16.4. The number of aryl methyl sites for hydroxylation is 1. The van der Waals surface area contributed by atoms with E-state index in [1.165, 1.54) is 5.56 Å². The molecule has 1 aliphatic rings. The highest BCUT2D eigenvalue weighted by molar-refractivity contribution is 5.74. The molecule has 1 heterocycles. The molecule has 6 nitrogen and oxygen atoms in total. The number of carbonyl (C=O) groups excluding carboxylic acids is 1. The van der Waals surface area contributed by atoms with Gasteiger partial charge >= 0.3 is 6.03 Å². The molecule has 0 atom stereocenters. The molecule has 0 spiro atoms. The van der Waals surface area contributed by atoms with Crippen molar-refractivity contribution in [3.63, 3.8) is 0 Å². The smallest absolute Gasteiger partial charge is 0.315 e. The number of aliphatic hydroxyl groups is 1. The van der Waals surface area contributed by atoms with Gasteiger partial charge < -0.3 is 20.3 Å². The second kappa shape index (κ2) is 7.70. The van der Waals surface area contributed by atoms with Crippen molar-refractivity contribution in [2.75, 3.05) is 6.61 Å². The summed E-state index contributed by atoms with van der Waals surface area (Å²) in [5.74, 6) is 0.980. The molecule has 0 radical (unpaired) electrons. The fourth-order valence-corrected chi connectivity index (χ4v) is 3.45. The molecule has 0 bridgehead atoms. The molecule has 6 heteroatoms. The zero-order valence-electron chi connectivity index (χ0n) is 14.7. The van der Waals surface area contributed by atoms with Gasteiger partial charge in [0.15, 0.2) is 0 Å². The SMILES string of the molecule is Cc1nccn1Cc1cccc(CNC(=O)NC2(CO)CCCC2)c1. The average molecular weight is 342 g/mol. The molecule has 0 unspecified atom stereocenters. The summed E-state index contributed by atoms with van der Waals surface area (Å²) in [6.07, 6.45) is 7.55. The molecule has 2 aromatic rings. The van der Waals surface area contributed by atoms with Crippen molar-refractivity contribution >= 4 is 6.03 Å². The van der Waals surface area contributed by atoms with E-state index in [-0.39, 0.29) is 12.6 Å². The van der Waals surface area contributed by atoms with Crippen LogP contribution in [0.5, 0.6) is 0 Å².